The number of benzene rings is 1. The van der Waals surface area contributed by atoms with Crippen LogP contribution >= 0.6 is 0 Å². The van der Waals surface area contributed by atoms with Crippen LogP contribution in [0.4, 0.5) is 10.6 Å². The van der Waals surface area contributed by atoms with Gasteiger partial charge < -0.3 is 15.0 Å². The number of anilines is 1. The summed E-state index contributed by atoms with van der Waals surface area (Å²) in [5.41, 5.74) is 0.932. The van der Waals surface area contributed by atoms with E-state index in [9.17, 15) is 4.79 Å². The molecule has 0 saturated carbocycles. The summed E-state index contributed by atoms with van der Waals surface area (Å²) in [4.78, 5) is 21.8. The molecule has 0 bridgehead atoms. The summed E-state index contributed by atoms with van der Waals surface area (Å²) < 4.78 is 4.75. The molecule has 1 amide bonds. The van der Waals surface area contributed by atoms with Gasteiger partial charge >= 0.3 is 6.09 Å². The molecule has 0 aliphatic carbocycles. The summed E-state index contributed by atoms with van der Waals surface area (Å²) in [6.45, 7) is 1.40. The monoisotopic (exact) mass is 286 g/mol. The zero-order chi connectivity index (χ0) is 14.7. The van der Waals surface area contributed by atoms with Gasteiger partial charge in [0.15, 0.2) is 0 Å². The quantitative estimate of drug-likeness (QED) is 0.917. The Hall–Kier alpha value is -2.37. The van der Waals surface area contributed by atoms with Crippen LogP contribution in [0.2, 0.25) is 0 Å². The zero-order valence-electron chi connectivity index (χ0n) is 12.0. The standard InChI is InChI=1S/C15H18N4O2/c1-21-15(20)19-8-6-11(7-9-19)18-14-12-4-2-3-5-13(12)16-10-17-14/h2-5,10-11H,6-9H2,1H3,(H,16,17,18). The Morgan fingerprint density at radius 3 is 2.81 bits per heavy atom. The number of rotatable bonds is 2. The SMILES string of the molecule is COC(=O)N1CCC(Nc2ncnc3ccccc23)CC1. The Morgan fingerprint density at radius 1 is 1.29 bits per heavy atom. The van der Waals surface area contributed by atoms with Crippen molar-refractivity contribution >= 4 is 22.8 Å². The molecule has 0 atom stereocenters. The molecule has 1 aliphatic rings. The summed E-state index contributed by atoms with van der Waals surface area (Å²) in [5.74, 6) is 0.858. The number of fused-ring (bicyclic) bond motifs is 1. The lowest BCUT2D eigenvalue weighted by Gasteiger charge is -2.31. The highest BCUT2D eigenvalue weighted by Gasteiger charge is 2.23. The number of nitrogens with zero attached hydrogens (tertiary/aromatic N) is 3. The number of methoxy groups -OCH3 is 1. The normalized spacial score (nSPS) is 16.0. The molecule has 1 aromatic carbocycles. The molecule has 6 nitrogen and oxygen atoms in total. The van der Waals surface area contributed by atoms with Gasteiger partial charge in [-0.1, -0.05) is 12.1 Å². The van der Waals surface area contributed by atoms with Gasteiger partial charge in [-0.3, -0.25) is 0 Å². The van der Waals surface area contributed by atoms with E-state index >= 15 is 0 Å². The number of nitrogens with one attached hydrogen (secondary N) is 1. The van der Waals surface area contributed by atoms with Gasteiger partial charge in [0.05, 0.1) is 12.6 Å². The molecule has 1 fully saturated rings. The first kappa shape index (κ1) is 13.6. The second kappa shape index (κ2) is 5.95. The largest absolute Gasteiger partial charge is 0.453 e. The number of piperidine rings is 1. The van der Waals surface area contributed by atoms with E-state index in [1.54, 1.807) is 11.2 Å². The van der Waals surface area contributed by atoms with Crippen LogP contribution in [0, 0.1) is 0 Å². The molecule has 110 valence electrons. The zero-order valence-corrected chi connectivity index (χ0v) is 12.0. The number of hydrogen-bond donors (Lipinski definition) is 1. The fraction of sp³-hybridized carbons (Fsp3) is 0.400. The molecule has 0 radical (unpaired) electrons. The molecule has 0 unspecified atom stereocenters. The van der Waals surface area contributed by atoms with Gasteiger partial charge in [0.2, 0.25) is 0 Å². The van der Waals surface area contributed by atoms with Gasteiger partial charge in [0.1, 0.15) is 12.1 Å². The van der Waals surface area contributed by atoms with Crippen LogP contribution in [-0.4, -0.2) is 47.2 Å². The summed E-state index contributed by atoms with van der Waals surface area (Å²) in [5, 5.41) is 4.49. The highest BCUT2D eigenvalue weighted by atomic mass is 16.5. The number of amides is 1. The minimum absolute atomic E-state index is 0.249. The molecule has 2 heterocycles. The van der Waals surface area contributed by atoms with Crippen molar-refractivity contribution in [3.05, 3.63) is 30.6 Å². The Labute approximate surface area is 123 Å². The lowest BCUT2D eigenvalue weighted by molar-refractivity contribution is 0.113. The molecule has 1 aromatic heterocycles. The highest BCUT2D eigenvalue weighted by molar-refractivity contribution is 5.88. The predicted octanol–water partition coefficient (Wildman–Crippen LogP) is 2.27. The molecule has 6 heteroatoms. The Bertz CT molecular complexity index is 633. The predicted molar refractivity (Wildman–Crippen MR) is 80.2 cm³/mol. The highest BCUT2D eigenvalue weighted by Crippen LogP contribution is 2.22. The van der Waals surface area contributed by atoms with Crippen molar-refractivity contribution in [2.45, 2.75) is 18.9 Å². The van der Waals surface area contributed by atoms with Crippen molar-refractivity contribution in [1.82, 2.24) is 14.9 Å². The van der Waals surface area contributed by atoms with Crippen molar-refractivity contribution < 1.29 is 9.53 Å². The van der Waals surface area contributed by atoms with Crippen LogP contribution in [0.15, 0.2) is 30.6 Å². The minimum atomic E-state index is -0.249. The lowest BCUT2D eigenvalue weighted by Crippen LogP contribution is -2.42. The Morgan fingerprint density at radius 2 is 2.05 bits per heavy atom. The smallest absolute Gasteiger partial charge is 0.409 e. The van der Waals surface area contributed by atoms with Crippen molar-refractivity contribution in [1.29, 1.82) is 0 Å². The van der Waals surface area contributed by atoms with E-state index in [1.807, 2.05) is 24.3 Å². The number of aromatic nitrogens is 2. The van der Waals surface area contributed by atoms with E-state index in [0.717, 1.165) is 29.6 Å². The molecule has 2 aromatic rings. The van der Waals surface area contributed by atoms with Gasteiger partial charge in [0.25, 0.3) is 0 Å². The number of ether oxygens (including phenoxy) is 1. The maximum Gasteiger partial charge on any atom is 0.409 e. The van der Waals surface area contributed by atoms with Crippen LogP contribution in [-0.2, 0) is 4.74 Å². The molecular weight excluding hydrogens is 268 g/mol. The van der Waals surface area contributed by atoms with E-state index in [-0.39, 0.29) is 6.09 Å². The topological polar surface area (TPSA) is 67.3 Å². The number of carbonyl (C=O) groups excluding carboxylic acids is 1. The fourth-order valence-corrected chi connectivity index (χ4v) is 2.65. The maximum atomic E-state index is 11.5. The maximum absolute atomic E-state index is 11.5. The molecule has 0 spiro atoms. The molecule has 1 saturated heterocycles. The van der Waals surface area contributed by atoms with Crippen LogP contribution in [0.5, 0.6) is 0 Å². The summed E-state index contributed by atoms with van der Waals surface area (Å²) >= 11 is 0. The Kier molecular flexibility index (Phi) is 3.85. The summed E-state index contributed by atoms with van der Waals surface area (Å²) in [7, 11) is 1.42. The number of para-hydroxylation sites is 1. The van der Waals surface area contributed by atoms with Crippen molar-refractivity contribution in [3.8, 4) is 0 Å². The summed E-state index contributed by atoms with van der Waals surface area (Å²) in [6, 6.07) is 8.25. The first-order chi connectivity index (χ1) is 10.3. The van der Waals surface area contributed by atoms with Crippen LogP contribution in [0.3, 0.4) is 0 Å². The second-order valence-corrected chi connectivity index (χ2v) is 5.12. The number of hydrogen-bond acceptors (Lipinski definition) is 5. The first-order valence-corrected chi connectivity index (χ1v) is 7.07. The first-order valence-electron chi connectivity index (χ1n) is 7.07. The third-order valence-corrected chi connectivity index (χ3v) is 3.81. The van der Waals surface area contributed by atoms with Gasteiger partial charge in [0, 0.05) is 24.5 Å². The lowest BCUT2D eigenvalue weighted by atomic mass is 10.1. The van der Waals surface area contributed by atoms with Crippen LogP contribution < -0.4 is 5.32 Å². The van der Waals surface area contributed by atoms with Crippen molar-refractivity contribution in [2.75, 3.05) is 25.5 Å². The molecular formula is C15H18N4O2. The third kappa shape index (κ3) is 2.89. The van der Waals surface area contributed by atoms with E-state index in [1.165, 1.54) is 7.11 Å². The fourth-order valence-electron chi connectivity index (χ4n) is 2.65. The molecule has 1 N–H and O–H groups in total. The van der Waals surface area contributed by atoms with E-state index in [4.69, 9.17) is 4.74 Å². The number of carbonyl (C=O) groups is 1. The average Bonchev–Trinajstić information content (AvgIpc) is 2.55. The molecule has 1 aliphatic heterocycles. The van der Waals surface area contributed by atoms with E-state index in [2.05, 4.69) is 15.3 Å². The summed E-state index contributed by atoms with van der Waals surface area (Å²) in [6.07, 6.45) is 3.09. The van der Waals surface area contributed by atoms with Crippen molar-refractivity contribution in [3.63, 3.8) is 0 Å². The van der Waals surface area contributed by atoms with Gasteiger partial charge in [-0.2, -0.15) is 0 Å². The van der Waals surface area contributed by atoms with E-state index in [0.29, 0.717) is 19.1 Å². The van der Waals surface area contributed by atoms with E-state index < -0.39 is 0 Å². The average molecular weight is 286 g/mol. The van der Waals surface area contributed by atoms with Crippen molar-refractivity contribution in [2.24, 2.45) is 0 Å². The van der Waals surface area contributed by atoms with Crippen LogP contribution in [0.25, 0.3) is 10.9 Å². The molecule has 21 heavy (non-hydrogen) atoms. The van der Waals surface area contributed by atoms with Gasteiger partial charge in [-0.25, -0.2) is 14.8 Å². The Balaban J connectivity index is 1.69. The van der Waals surface area contributed by atoms with Gasteiger partial charge in [-0.05, 0) is 25.0 Å². The number of likely N-dealkylation sites (tertiary alicyclic amines) is 1. The third-order valence-electron chi connectivity index (χ3n) is 3.81. The minimum Gasteiger partial charge on any atom is -0.453 e. The van der Waals surface area contributed by atoms with Gasteiger partial charge in [-0.15, -0.1) is 0 Å². The second-order valence-electron chi connectivity index (χ2n) is 5.12. The van der Waals surface area contributed by atoms with Crippen LogP contribution in [0.1, 0.15) is 12.8 Å². The molecule has 3 rings (SSSR count).